The van der Waals surface area contributed by atoms with Crippen LogP contribution in [0, 0.1) is 36.0 Å². The predicted octanol–water partition coefficient (Wildman–Crippen LogP) is 10.1. The van der Waals surface area contributed by atoms with E-state index < -0.39 is 23.4 Å². The Bertz CT molecular complexity index is 1490. The Kier molecular flexibility index (Phi) is 18.4. The van der Waals surface area contributed by atoms with E-state index in [-0.39, 0.29) is 71.1 Å². The first-order chi connectivity index (χ1) is 23.6. The van der Waals surface area contributed by atoms with E-state index in [4.69, 9.17) is 9.47 Å². The summed E-state index contributed by atoms with van der Waals surface area (Å²) in [6, 6.07) is 6.39. The molecular formula is C39H58N4O6. The number of carbonyl (C=O) groups is 2. The molecule has 0 aliphatic heterocycles. The SMILES string of the molecule is CCCCC(CC)COC(=O)c1ccc(C(=O)OCC(CC)CCCC)c(N=Nc2c(C)c(C#N)c(O)n(CC(CC)CCCC)c2=O)c1. The molecule has 0 radical (unpaired) electrons. The van der Waals surface area contributed by atoms with Crippen LogP contribution < -0.4 is 5.56 Å². The van der Waals surface area contributed by atoms with Gasteiger partial charge >= 0.3 is 11.9 Å². The number of rotatable bonds is 22. The molecule has 10 nitrogen and oxygen atoms in total. The van der Waals surface area contributed by atoms with E-state index in [1.54, 1.807) is 0 Å². The second-order valence-electron chi connectivity index (χ2n) is 13.1. The molecule has 0 spiro atoms. The van der Waals surface area contributed by atoms with Crippen LogP contribution in [0.5, 0.6) is 5.88 Å². The van der Waals surface area contributed by atoms with Crippen LogP contribution in [0.15, 0.2) is 33.2 Å². The molecule has 49 heavy (non-hydrogen) atoms. The number of carbonyl (C=O) groups excluding carboxylic acids is 2. The number of nitrogens with zero attached hydrogens (tertiary/aromatic N) is 4. The Hall–Kier alpha value is -4.00. The van der Waals surface area contributed by atoms with Crippen molar-refractivity contribution in [1.29, 1.82) is 5.26 Å². The molecule has 3 atom stereocenters. The fourth-order valence-corrected chi connectivity index (χ4v) is 5.76. The van der Waals surface area contributed by atoms with Gasteiger partial charge in [0.1, 0.15) is 17.3 Å². The quantitative estimate of drug-likeness (QED) is 0.0964. The van der Waals surface area contributed by atoms with Gasteiger partial charge in [0.05, 0.1) is 24.3 Å². The number of hydrogen-bond acceptors (Lipinski definition) is 9. The molecule has 1 N–H and O–H groups in total. The number of nitriles is 1. The van der Waals surface area contributed by atoms with E-state index in [0.717, 1.165) is 77.0 Å². The lowest BCUT2D eigenvalue weighted by atomic mass is 9.99. The summed E-state index contributed by atoms with van der Waals surface area (Å²) < 4.78 is 12.6. The number of esters is 2. The van der Waals surface area contributed by atoms with E-state index in [1.807, 2.05) is 13.0 Å². The van der Waals surface area contributed by atoms with E-state index in [9.17, 15) is 24.8 Å². The summed E-state index contributed by atoms with van der Waals surface area (Å²) in [6.07, 6.45) is 11.5. The summed E-state index contributed by atoms with van der Waals surface area (Å²) in [5, 5.41) is 29.4. The highest BCUT2D eigenvalue weighted by atomic mass is 16.5. The lowest BCUT2D eigenvalue weighted by Gasteiger charge is -2.19. The van der Waals surface area contributed by atoms with Gasteiger partial charge in [-0.15, -0.1) is 10.2 Å². The van der Waals surface area contributed by atoms with E-state index in [1.165, 1.54) is 29.7 Å². The molecule has 2 aromatic rings. The van der Waals surface area contributed by atoms with Gasteiger partial charge in [-0.1, -0.05) is 99.3 Å². The second kappa shape index (κ2) is 21.9. The third-order valence-corrected chi connectivity index (χ3v) is 9.45. The van der Waals surface area contributed by atoms with E-state index in [0.29, 0.717) is 0 Å². The Morgan fingerprint density at radius 3 is 1.88 bits per heavy atom. The monoisotopic (exact) mass is 678 g/mol. The average Bonchev–Trinajstić information content (AvgIpc) is 3.11. The third-order valence-electron chi connectivity index (χ3n) is 9.45. The van der Waals surface area contributed by atoms with Gasteiger partial charge in [0, 0.05) is 12.1 Å². The molecule has 0 bridgehead atoms. The predicted molar refractivity (Wildman–Crippen MR) is 193 cm³/mol. The van der Waals surface area contributed by atoms with Crippen molar-refractivity contribution in [2.24, 2.45) is 28.0 Å². The number of benzene rings is 1. The summed E-state index contributed by atoms with van der Waals surface area (Å²) in [4.78, 5) is 40.3. The normalized spacial score (nSPS) is 13.2. The molecule has 0 aliphatic carbocycles. The van der Waals surface area contributed by atoms with Gasteiger partial charge < -0.3 is 14.6 Å². The zero-order valence-electron chi connectivity index (χ0n) is 30.8. The van der Waals surface area contributed by atoms with Crippen LogP contribution in [0.1, 0.15) is 150 Å². The number of aromatic nitrogens is 1. The van der Waals surface area contributed by atoms with Crippen molar-refractivity contribution in [3.63, 3.8) is 0 Å². The first-order valence-corrected chi connectivity index (χ1v) is 18.4. The minimum atomic E-state index is -0.617. The molecule has 3 unspecified atom stereocenters. The summed E-state index contributed by atoms with van der Waals surface area (Å²) >= 11 is 0. The first kappa shape index (κ1) is 41.2. The van der Waals surface area contributed by atoms with Crippen molar-refractivity contribution in [2.45, 2.75) is 132 Å². The fraction of sp³-hybridized carbons (Fsp3) is 0.641. The van der Waals surface area contributed by atoms with Gasteiger partial charge in [0.15, 0.2) is 5.69 Å². The van der Waals surface area contributed by atoms with Crippen molar-refractivity contribution < 1.29 is 24.2 Å². The molecule has 0 amide bonds. The van der Waals surface area contributed by atoms with Gasteiger partial charge in [-0.25, -0.2) is 9.59 Å². The second-order valence-corrected chi connectivity index (χ2v) is 13.1. The van der Waals surface area contributed by atoms with E-state index >= 15 is 0 Å². The molecule has 1 aromatic carbocycles. The molecule has 270 valence electrons. The molecule has 10 heteroatoms. The molecule has 0 aliphatic rings. The minimum absolute atomic E-state index is 0.0328. The number of unbranched alkanes of at least 4 members (excludes halogenated alkanes) is 3. The van der Waals surface area contributed by atoms with Crippen LogP contribution in [0.25, 0.3) is 0 Å². The molecular weight excluding hydrogens is 620 g/mol. The van der Waals surface area contributed by atoms with Gasteiger partial charge in [-0.2, -0.15) is 5.26 Å². The zero-order valence-corrected chi connectivity index (χ0v) is 30.8. The molecule has 2 rings (SSSR count). The zero-order chi connectivity index (χ0) is 36.3. The third kappa shape index (κ3) is 12.1. The van der Waals surface area contributed by atoms with Gasteiger partial charge in [0.25, 0.3) is 5.56 Å². The maximum Gasteiger partial charge on any atom is 0.340 e. The number of ether oxygens (including phenoxy) is 2. The maximum absolute atomic E-state index is 13.7. The molecule has 1 aromatic heterocycles. The van der Waals surface area contributed by atoms with Crippen molar-refractivity contribution in [3.05, 3.63) is 50.8 Å². The van der Waals surface area contributed by atoms with Gasteiger partial charge in [-0.3, -0.25) is 9.36 Å². The smallest absolute Gasteiger partial charge is 0.340 e. The van der Waals surface area contributed by atoms with Crippen LogP contribution in [0.4, 0.5) is 11.4 Å². The van der Waals surface area contributed by atoms with Gasteiger partial charge in [-0.05, 0) is 62.1 Å². The highest BCUT2D eigenvalue weighted by Crippen LogP contribution is 2.30. The van der Waals surface area contributed by atoms with Crippen LogP contribution in [-0.4, -0.2) is 34.8 Å². The topological polar surface area (TPSA) is 143 Å². The van der Waals surface area contributed by atoms with E-state index in [2.05, 4.69) is 44.8 Å². The fourth-order valence-electron chi connectivity index (χ4n) is 5.76. The standard InChI is InChI=1S/C39H58N4O6/c1-8-14-17-28(11-4)24-43-36(44)33(23-40)27(7)35(37(43)45)42-41-34-22-31(38(46)48-25-29(12-5)18-15-9-2)20-21-32(34)39(47)49-26-30(13-6)19-16-10-3/h20-22,28-30,44H,8-19,24-26H2,1-7H3. The Labute approximate surface area is 292 Å². The largest absolute Gasteiger partial charge is 0.493 e. The van der Waals surface area contributed by atoms with Crippen molar-refractivity contribution in [1.82, 2.24) is 4.57 Å². The number of hydrogen-bond donors (Lipinski definition) is 1. The molecule has 1 heterocycles. The van der Waals surface area contributed by atoms with Crippen LogP contribution >= 0.6 is 0 Å². The maximum atomic E-state index is 13.7. The summed E-state index contributed by atoms with van der Waals surface area (Å²) in [7, 11) is 0. The Balaban J connectivity index is 2.58. The molecule has 0 saturated heterocycles. The summed E-state index contributed by atoms with van der Waals surface area (Å²) in [5.74, 6) is -0.983. The van der Waals surface area contributed by atoms with Crippen LogP contribution in [-0.2, 0) is 16.0 Å². The van der Waals surface area contributed by atoms with Crippen molar-refractivity contribution >= 4 is 23.3 Å². The van der Waals surface area contributed by atoms with Crippen molar-refractivity contribution in [3.8, 4) is 11.9 Å². The highest BCUT2D eigenvalue weighted by Gasteiger charge is 2.23. The van der Waals surface area contributed by atoms with Crippen LogP contribution in [0.2, 0.25) is 0 Å². The lowest BCUT2D eigenvalue weighted by Crippen LogP contribution is -2.25. The Morgan fingerprint density at radius 1 is 0.837 bits per heavy atom. The summed E-state index contributed by atoms with van der Waals surface area (Å²) in [6.45, 7) is 14.8. The molecule has 0 saturated carbocycles. The molecule has 0 fully saturated rings. The lowest BCUT2D eigenvalue weighted by molar-refractivity contribution is 0.0415. The average molecular weight is 679 g/mol. The van der Waals surface area contributed by atoms with Crippen molar-refractivity contribution in [2.75, 3.05) is 13.2 Å². The number of azo groups is 1. The number of pyridine rings is 1. The highest BCUT2D eigenvalue weighted by molar-refractivity contribution is 5.98. The van der Waals surface area contributed by atoms with Crippen LogP contribution in [0.3, 0.4) is 0 Å². The summed E-state index contributed by atoms with van der Waals surface area (Å²) in [5.41, 5.74) is -0.309. The minimum Gasteiger partial charge on any atom is -0.493 e. The first-order valence-electron chi connectivity index (χ1n) is 18.4. The Morgan fingerprint density at radius 2 is 1.37 bits per heavy atom. The van der Waals surface area contributed by atoms with Gasteiger partial charge in [0.2, 0.25) is 5.88 Å². The number of aromatic hydroxyl groups is 1.